The van der Waals surface area contributed by atoms with Crippen LogP contribution in [-0.4, -0.2) is 28.7 Å². The van der Waals surface area contributed by atoms with Crippen LogP contribution in [-0.2, 0) is 6.42 Å². The minimum atomic E-state index is -0.117. The summed E-state index contributed by atoms with van der Waals surface area (Å²) in [6.07, 6.45) is 2.51. The smallest absolute Gasteiger partial charge is 0.291 e. The van der Waals surface area contributed by atoms with Crippen LogP contribution in [0.25, 0.3) is 11.0 Å². The fourth-order valence-electron chi connectivity index (χ4n) is 2.75. The highest BCUT2D eigenvalue weighted by molar-refractivity contribution is 7.15. The van der Waals surface area contributed by atoms with Gasteiger partial charge in [-0.2, -0.15) is 4.52 Å². The molecule has 26 heavy (non-hydrogen) atoms. The van der Waals surface area contributed by atoms with Gasteiger partial charge in [0.15, 0.2) is 5.82 Å². The molecule has 0 bridgehead atoms. The van der Waals surface area contributed by atoms with E-state index in [4.69, 9.17) is 0 Å². The fraction of sp³-hybridized carbons (Fsp3) is 0.150. The Kier molecular flexibility index (Phi) is 4.26. The molecule has 5 nitrogen and oxygen atoms in total. The molecule has 4 rings (SSSR count). The molecule has 0 radical (unpaired) electrons. The van der Waals surface area contributed by atoms with Crippen LogP contribution in [0.5, 0.6) is 0 Å². The van der Waals surface area contributed by atoms with E-state index in [0.29, 0.717) is 21.7 Å². The lowest BCUT2D eigenvalue weighted by Crippen LogP contribution is -2.23. The van der Waals surface area contributed by atoms with Crippen molar-refractivity contribution in [3.05, 3.63) is 86.4 Å². The van der Waals surface area contributed by atoms with Crippen molar-refractivity contribution in [2.45, 2.75) is 6.42 Å². The molecule has 4 aromatic rings. The number of fused-ring (bicyclic) bond motifs is 1. The molecule has 0 fully saturated rings. The lowest BCUT2D eigenvalue weighted by Gasteiger charge is -2.11. The van der Waals surface area contributed by atoms with Crippen LogP contribution in [0.2, 0.25) is 0 Å². The van der Waals surface area contributed by atoms with Gasteiger partial charge in [-0.05, 0) is 29.3 Å². The number of hydrogen-bond acceptors (Lipinski definition) is 5. The van der Waals surface area contributed by atoms with E-state index in [1.54, 1.807) is 0 Å². The normalized spacial score (nSPS) is 12.0. The molecule has 0 amide bonds. The van der Waals surface area contributed by atoms with E-state index in [2.05, 4.69) is 10.1 Å². The van der Waals surface area contributed by atoms with Crippen molar-refractivity contribution in [1.82, 2.24) is 14.6 Å². The molecule has 0 atom stereocenters. The van der Waals surface area contributed by atoms with Crippen molar-refractivity contribution < 1.29 is 0 Å². The SMILES string of the molecule is CN(C)c1ccc(/C=c2\sc3nc(Cc4ccccc4)nn3c2=O)cc1. The molecule has 2 aromatic heterocycles. The lowest BCUT2D eigenvalue weighted by molar-refractivity contribution is 0.879. The monoisotopic (exact) mass is 362 g/mol. The van der Waals surface area contributed by atoms with Crippen LogP contribution in [0, 0.1) is 0 Å². The number of anilines is 1. The van der Waals surface area contributed by atoms with Gasteiger partial charge in [0.05, 0.1) is 4.53 Å². The zero-order valence-electron chi connectivity index (χ0n) is 14.6. The quantitative estimate of drug-likeness (QED) is 0.559. The number of thiazole rings is 1. The Hall–Kier alpha value is -2.99. The standard InChI is InChI=1S/C20H18N4OS/c1-23(2)16-10-8-15(9-11-16)12-17-19(25)24-20(26-17)21-18(22-24)13-14-6-4-3-5-7-14/h3-12H,13H2,1-2H3/b17-12-. The van der Waals surface area contributed by atoms with Gasteiger partial charge in [0.2, 0.25) is 4.96 Å². The predicted octanol–water partition coefficient (Wildman–Crippen LogP) is 2.36. The minimum Gasteiger partial charge on any atom is -0.378 e. The van der Waals surface area contributed by atoms with Crippen LogP contribution in [0.3, 0.4) is 0 Å². The zero-order chi connectivity index (χ0) is 18.1. The average Bonchev–Trinajstić information content (AvgIpc) is 3.15. The van der Waals surface area contributed by atoms with Crippen molar-refractivity contribution in [3.63, 3.8) is 0 Å². The Morgan fingerprint density at radius 3 is 2.46 bits per heavy atom. The third-order valence-electron chi connectivity index (χ3n) is 4.14. The van der Waals surface area contributed by atoms with Gasteiger partial charge in [-0.3, -0.25) is 4.79 Å². The van der Waals surface area contributed by atoms with Gasteiger partial charge in [0.1, 0.15) is 0 Å². The van der Waals surface area contributed by atoms with Crippen LogP contribution in [0.1, 0.15) is 17.0 Å². The summed E-state index contributed by atoms with van der Waals surface area (Å²) in [4.78, 5) is 19.8. The Morgan fingerprint density at radius 1 is 1.08 bits per heavy atom. The third kappa shape index (κ3) is 3.23. The van der Waals surface area contributed by atoms with E-state index in [1.807, 2.05) is 79.7 Å². The second kappa shape index (κ2) is 6.72. The average molecular weight is 362 g/mol. The van der Waals surface area contributed by atoms with Gasteiger partial charge in [-0.1, -0.05) is 53.8 Å². The van der Waals surface area contributed by atoms with Gasteiger partial charge in [-0.15, -0.1) is 5.10 Å². The highest BCUT2D eigenvalue weighted by atomic mass is 32.1. The van der Waals surface area contributed by atoms with Gasteiger partial charge in [-0.25, -0.2) is 4.98 Å². The second-order valence-corrected chi connectivity index (χ2v) is 7.30. The second-order valence-electron chi connectivity index (χ2n) is 6.29. The molecule has 0 unspecified atom stereocenters. The summed E-state index contributed by atoms with van der Waals surface area (Å²) in [6, 6.07) is 18.1. The van der Waals surface area contributed by atoms with E-state index in [0.717, 1.165) is 16.8 Å². The molecule has 6 heteroatoms. The summed E-state index contributed by atoms with van der Waals surface area (Å²) in [6.45, 7) is 0. The van der Waals surface area contributed by atoms with Crippen molar-refractivity contribution in [2.24, 2.45) is 0 Å². The largest absolute Gasteiger partial charge is 0.378 e. The third-order valence-corrected chi connectivity index (χ3v) is 5.10. The van der Waals surface area contributed by atoms with Crippen molar-refractivity contribution in [3.8, 4) is 0 Å². The predicted molar refractivity (Wildman–Crippen MR) is 106 cm³/mol. The Morgan fingerprint density at radius 2 is 1.81 bits per heavy atom. The molecule has 2 aromatic carbocycles. The van der Waals surface area contributed by atoms with E-state index in [1.165, 1.54) is 15.9 Å². The summed E-state index contributed by atoms with van der Waals surface area (Å²) in [5, 5.41) is 4.38. The zero-order valence-corrected chi connectivity index (χ0v) is 15.4. The summed E-state index contributed by atoms with van der Waals surface area (Å²) >= 11 is 1.37. The molecular weight excluding hydrogens is 344 g/mol. The fourth-order valence-corrected chi connectivity index (χ4v) is 3.67. The number of hydrogen-bond donors (Lipinski definition) is 0. The van der Waals surface area contributed by atoms with Crippen LogP contribution in [0.4, 0.5) is 5.69 Å². The van der Waals surface area contributed by atoms with Crippen molar-refractivity contribution >= 4 is 28.1 Å². The molecule has 130 valence electrons. The first kappa shape index (κ1) is 16.5. The maximum absolute atomic E-state index is 12.6. The first-order chi connectivity index (χ1) is 12.6. The van der Waals surface area contributed by atoms with E-state index in [-0.39, 0.29) is 5.56 Å². The molecule has 2 heterocycles. The molecule has 0 aliphatic carbocycles. The summed E-state index contributed by atoms with van der Waals surface area (Å²) in [5.41, 5.74) is 3.12. The van der Waals surface area contributed by atoms with E-state index in [9.17, 15) is 4.79 Å². The molecule has 0 N–H and O–H groups in total. The van der Waals surface area contributed by atoms with Gasteiger partial charge < -0.3 is 4.90 Å². The molecule has 0 saturated heterocycles. The highest BCUT2D eigenvalue weighted by Gasteiger charge is 2.10. The summed E-state index contributed by atoms with van der Waals surface area (Å²) < 4.78 is 2.05. The van der Waals surface area contributed by atoms with Crippen LogP contribution in [0.15, 0.2) is 59.4 Å². The van der Waals surface area contributed by atoms with Crippen LogP contribution >= 0.6 is 11.3 Å². The highest BCUT2D eigenvalue weighted by Crippen LogP contribution is 2.13. The van der Waals surface area contributed by atoms with Gasteiger partial charge in [0.25, 0.3) is 5.56 Å². The van der Waals surface area contributed by atoms with Gasteiger partial charge >= 0.3 is 0 Å². The minimum absolute atomic E-state index is 0.117. The first-order valence-electron chi connectivity index (χ1n) is 8.31. The summed E-state index contributed by atoms with van der Waals surface area (Å²) in [5.74, 6) is 0.668. The molecule has 0 aliphatic rings. The lowest BCUT2D eigenvalue weighted by atomic mass is 10.1. The summed E-state index contributed by atoms with van der Waals surface area (Å²) in [7, 11) is 4.00. The molecule has 0 aliphatic heterocycles. The molecule has 0 saturated carbocycles. The molecular formula is C20H18N4OS. The number of rotatable bonds is 4. The maximum Gasteiger partial charge on any atom is 0.291 e. The molecule has 0 spiro atoms. The first-order valence-corrected chi connectivity index (χ1v) is 9.13. The Balaban J connectivity index is 1.66. The Labute approximate surface area is 154 Å². The van der Waals surface area contributed by atoms with Crippen LogP contribution < -0.4 is 15.0 Å². The maximum atomic E-state index is 12.6. The number of aromatic nitrogens is 3. The van der Waals surface area contributed by atoms with Crippen molar-refractivity contribution in [2.75, 3.05) is 19.0 Å². The van der Waals surface area contributed by atoms with E-state index >= 15 is 0 Å². The van der Waals surface area contributed by atoms with E-state index < -0.39 is 0 Å². The topological polar surface area (TPSA) is 50.5 Å². The number of benzene rings is 2. The van der Waals surface area contributed by atoms with Gasteiger partial charge in [0, 0.05) is 26.2 Å². The number of nitrogens with zero attached hydrogens (tertiary/aromatic N) is 4. The van der Waals surface area contributed by atoms with Crippen molar-refractivity contribution in [1.29, 1.82) is 0 Å². The Bertz CT molecular complexity index is 1140.